The summed E-state index contributed by atoms with van der Waals surface area (Å²) in [6.07, 6.45) is 5.07. The zero-order valence-corrected chi connectivity index (χ0v) is 19.4. The van der Waals surface area contributed by atoms with Crippen molar-refractivity contribution in [2.24, 2.45) is 46.3 Å². The van der Waals surface area contributed by atoms with Gasteiger partial charge in [0.15, 0.2) is 0 Å². The number of methoxy groups -OCH3 is 1. The van der Waals surface area contributed by atoms with Crippen molar-refractivity contribution >= 4 is 23.4 Å². The van der Waals surface area contributed by atoms with E-state index < -0.39 is 5.41 Å². The summed E-state index contributed by atoms with van der Waals surface area (Å²) in [5, 5.41) is 2.98. The summed E-state index contributed by atoms with van der Waals surface area (Å²) in [5.74, 6) is 0.919. The van der Waals surface area contributed by atoms with Crippen LogP contribution in [0.4, 0.5) is 0 Å². The molecule has 1 amide bonds. The van der Waals surface area contributed by atoms with E-state index in [9.17, 15) is 19.2 Å². The van der Waals surface area contributed by atoms with Crippen LogP contribution in [0, 0.1) is 46.3 Å². The summed E-state index contributed by atoms with van der Waals surface area (Å²) >= 11 is 0. The number of amides is 1. The third-order valence-corrected chi connectivity index (χ3v) is 9.94. The van der Waals surface area contributed by atoms with E-state index in [2.05, 4.69) is 26.1 Å². The van der Waals surface area contributed by atoms with Gasteiger partial charge in [-0.15, -0.1) is 0 Å². The first-order valence-electron chi connectivity index (χ1n) is 12.0. The Morgan fingerprint density at radius 2 is 1.87 bits per heavy atom. The Hall–Kier alpha value is -1.72. The molecule has 6 nitrogen and oxygen atoms in total. The maximum atomic E-state index is 13.7. The van der Waals surface area contributed by atoms with Gasteiger partial charge < -0.3 is 10.1 Å². The number of esters is 1. The number of fused-ring (bicyclic) bond motifs is 5. The average Bonchev–Trinajstić information content (AvgIpc) is 3.00. The minimum Gasteiger partial charge on any atom is -0.469 e. The molecule has 0 aromatic rings. The molecule has 4 aliphatic rings. The van der Waals surface area contributed by atoms with Crippen molar-refractivity contribution in [3.63, 3.8) is 0 Å². The second kappa shape index (κ2) is 8.00. The summed E-state index contributed by atoms with van der Waals surface area (Å²) in [6.45, 7) is 7.10. The van der Waals surface area contributed by atoms with Gasteiger partial charge in [0.05, 0.1) is 7.11 Å². The lowest BCUT2D eigenvalue weighted by molar-refractivity contribution is -0.163. The predicted octanol–water partition coefficient (Wildman–Crippen LogP) is 3.32. The molecular formula is C25H37NO5. The summed E-state index contributed by atoms with van der Waals surface area (Å²) in [7, 11) is 1.41. The summed E-state index contributed by atoms with van der Waals surface area (Å²) in [6, 6.07) is 0. The van der Waals surface area contributed by atoms with Gasteiger partial charge in [-0.2, -0.15) is 0 Å². The molecule has 0 bridgehead atoms. The van der Waals surface area contributed by atoms with Crippen molar-refractivity contribution in [2.45, 2.75) is 72.1 Å². The fourth-order valence-corrected chi connectivity index (χ4v) is 8.02. The van der Waals surface area contributed by atoms with Gasteiger partial charge in [0.2, 0.25) is 5.91 Å². The van der Waals surface area contributed by atoms with E-state index in [1.54, 1.807) is 0 Å². The molecule has 1 N–H and O–H groups in total. The monoisotopic (exact) mass is 431 g/mol. The third-order valence-electron chi connectivity index (χ3n) is 9.94. The Kier molecular flexibility index (Phi) is 5.80. The maximum Gasteiger partial charge on any atom is 0.305 e. The van der Waals surface area contributed by atoms with Gasteiger partial charge in [-0.25, -0.2) is 0 Å². The highest BCUT2D eigenvalue weighted by Gasteiger charge is 2.65. The van der Waals surface area contributed by atoms with E-state index >= 15 is 0 Å². The fraction of sp³-hybridized carbons (Fsp3) is 0.840. The molecule has 172 valence electrons. The molecular weight excluding hydrogens is 394 g/mol. The molecule has 1 heterocycles. The average molecular weight is 432 g/mol. The predicted molar refractivity (Wildman–Crippen MR) is 115 cm³/mol. The Balaban J connectivity index is 1.61. The van der Waals surface area contributed by atoms with Crippen molar-refractivity contribution < 1.29 is 23.9 Å². The number of hydrogen-bond acceptors (Lipinski definition) is 5. The number of rotatable bonds is 4. The zero-order valence-electron chi connectivity index (χ0n) is 19.4. The van der Waals surface area contributed by atoms with Crippen molar-refractivity contribution in [1.29, 1.82) is 0 Å². The molecule has 8 atom stereocenters. The minimum absolute atomic E-state index is 0.0345. The lowest BCUT2D eigenvalue weighted by atomic mass is 9.45. The first kappa shape index (κ1) is 22.5. The second-order valence-electron chi connectivity index (χ2n) is 11.1. The Labute approximate surface area is 185 Å². The van der Waals surface area contributed by atoms with E-state index in [0.717, 1.165) is 19.3 Å². The molecule has 4 rings (SSSR count). The number of hydrogen-bond donors (Lipinski definition) is 1. The molecule has 6 heteroatoms. The number of carbonyl (C=O) groups is 4. The SMILES string of the molecule is COC(=O)CC[C@@H](C)[C@H]1CC[C@H]2[C@@H]3C(=O)C[C@@H]4CC(=O)NCC[C@]4(C)[C@H]3CC(=O)[C@]12C. The summed E-state index contributed by atoms with van der Waals surface area (Å²) < 4.78 is 4.80. The smallest absolute Gasteiger partial charge is 0.305 e. The van der Waals surface area contributed by atoms with Crippen molar-refractivity contribution in [3.8, 4) is 0 Å². The topological polar surface area (TPSA) is 89.5 Å². The third kappa shape index (κ3) is 3.45. The van der Waals surface area contributed by atoms with Crippen LogP contribution >= 0.6 is 0 Å². The number of nitrogens with one attached hydrogen (secondary N) is 1. The van der Waals surface area contributed by atoms with Crippen LogP contribution in [0.2, 0.25) is 0 Å². The van der Waals surface area contributed by atoms with E-state index in [1.165, 1.54) is 7.11 Å². The molecule has 0 unspecified atom stereocenters. The molecule has 1 aliphatic heterocycles. The molecule has 0 aromatic carbocycles. The number of Topliss-reactive ketones (excluding diaryl/α,β-unsaturated/α-hetero) is 2. The second-order valence-corrected chi connectivity index (χ2v) is 11.1. The van der Waals surface area contributed by atoms with Gasteiger partial charge in [-0.3, -0.25) is 19.2 Å². The molecule has 0 radical (unpaired) electrons. The van der Waals surface area contributed by atoms with Gasteiger partial charge in [-0.1, -0.05) is 20.8 Å². The van der Waals surface area contributed by atoms with Crippen LogP contribution in [-0.4, -0.2) is 37.1 Å². The highest BCUT2D eigenvalue weighted by atomic mass is 16.5. The van der Waals surface area contributed by atoms with E-state index in [1.807, 2.05) is 0 Å². The number of carbonyl (C=O) groups excluding carboxylic acids is 4. The van der Waals surface area contributed by atoms with Crippen molar-refractivity contribution in [1.82, 2.24) is 5.32 Å². The number of ketones is 2. The van der Waals surface area contributed by atoms with Crippen molar-refractivity contribution in [3.05, 3.63) is 0 Å². The molecule has 1 saturated heterocycles. The molecule has 0 spiro atoms. The summed E-state index contributed by atoms with van der Waals surface area (Å²) in [5.41, 5.74) is -0.641. The van der Waals surface area contributed by atoms with Crippen molar-refractivity contribution in [2.75, 3.05) is 13.7 Å². The molecule has 0 aromatic heterocycles. The Morgan fingerprint density at radius 3 is 2.58 bits per heavy atom. The normalized spacial score (nSPS) is 43.2. The number of ether oxygens (including phenoxy) is 1. The van der Waals surface area contributed by atoms with Crippen LogP contribution in [0.15, 0.2) is 0 Å². The van der Waals surface area contributed by atoms with Crippen LogP contribution < -0.4 is 5.32 Å². The molecule has 31 heavy (non-hydrogen) atoms. The van der Waals surface area contributed by atoms with Crippen LogP contribution in [0.5, 0.6) is 0 Å². The highest BCUT2D eigenvalue weighted by Crippen LogP contribution is 2.65. The highest BCUT2D eigenvalue weighted by molar-refractivity contribution is 5.92. The van der Waals surface area contributed by atoms with Gasteiger partial charge in [-0.05, 0) is 60.7 Å². The lowest BCUT2D eigenvalue weighted by Crippen LogP contribution is -2.59. The quantitative estimate of drug-likeness (QED) is 0.690. The van der Waals surface area contributed by atoms with E-state index in [-0.39, 0.29) is 58.6 Å². The van der Waals surface area contributed by atoms with Crippen LogP contribution in [-0.2, 0) is 23.9 Å². The van der Waals surface area contributed by atoms with E-state index in [0.29, 0.717) is 44.4 Å². The molecule has 3 saturated carbocycles. The van der Waals surface area contributed by atoms with E-state index in [4.69, 9.17) is 4.74 Å². The lowest BCUT2D eigenvalue weighted by Gasteiger charge is -2.57. The van der Waals surface area contributed by atoms with Gasteiger partial charge in [0.1, 0.15) is 11.6 Å². The summed E-state index contributed by atoms with van der Waals surface area (Å²) in [4.78, 5) is 51.0. The molecule has 4 fully saturated rings. The van der Waals surface area contributed by atoms with Gasteiger partial charge in [0, 0.05) is 43.6 Å². The Bertz CT molecular complexity index is 793. The maximum absolute atomic E-state index is 13.7. The van der Waals surface area contributed by atoms with Gasteiger partial charge in [0.25, 0.3) is 0 Å². The van der Waals surface area contributed by atoms with Crippen LogP contribution in [0.1, 0.15) is 72.1 Å². The largest absolute Gasteiger partial charge is 0.469 e. The zero-order chi connectivity index (χ0) is 22.6. The molecule has 3 aliphatic carbocycles. The minimum atomic E-state index is -0.492. The first-order chi connectivity index (χ1) is 14.6. The standard InChI is InChI=1S/C25H37NO5/c1-14(5-8-22(30)31-4)16-6-7-17-23-18(13-20(28)25(16,17)3)24(2)9-10-26-21(29)12-15(24)11-19(23)27/h14-18,23H,5-13H2,1-4H3,(H,26,29)/t14-,15-,16-,17+,18+,23+,24+,25-/m1/s1. The van der Waals surface area contributed by atoms with Crippen LogP contribution in [0.3, 0.4) is 0 Å². The van der Waals surface area contributed by atoms with Gasteiger partial charge >= 0.3 is 5.97 Å². The Morgan fingerprint density at radius 1 is 1.13 bits per heavy atom. The fourth-order valence-electron chi connectivity index (χ4n) is 8.02. The van der Waals surface area contributed by atoms with Crippen LogP contribution in [0.25, 0.3) is 0 Å². The first-order valence-corrected chi connectivity index (χ1v) is 12.0.